The first-order chi connectivity index (χ1) is 19.3. The van der Waals surface area contributed by atoms with Gasteiger partial charge in [0.15, 0.2) is 11.5 Å². The summed E-state index contributed by atoms with van der Waals surface area (Å²) in [5.74, 6) is 1.66. The van der Waals surface area contributed by atoms with E-state index in [0.29, 0.717) is 36.4 Å². The molecule has 5 aliphatic rings. The van der Waals surface area contributed by atoms with Gasteiger partial charge >= 0.3 is 6.09 Å². The number of hydrazine groups is 1. The van der Waals surface area contributed by atoms with Crippen molar-refractivity contribution in [1.82, 2.24) is 20.7 Å². The molecule has 3 heterocycles. The number of aliphatic hydroxyl groups is 1. The van der Waals surface area contributed by atoms with E-state index in [1.54, 1.807) is 0 Å². The molecule has 234 valence electrons. The van der Waals surface area contributed by atoms with Crippen molar-refractivity contribution in [2.45, 2.75) is 82.5 Å². The van der Waals surface area contributed by atoms with Gasteiger partial charge in [0.05, 0.1) is 0 Å². The van der Waals surface area contributed by atoms with Crippen LogP contribution in [0.25, 0.3) is 0 Å². The molecule has 1 aromatic carbocycles. The fourth-order valence-electron chi connectivity index (χ4n) is 8.07. The molecule has 11 heteroatoms. The highest BCUT2D eigenvalue weighted by molar-refractivity contribution is 5.85. The van der Waals surface area contributed by atoms with E-state index in [9.17, 15) is 14.7 Å². The largest absolute Gasteiger partial charge is 0.482 e. The maximum absolute atomic E-state index is 13.0. The molecule has 9 nitrogen and oxygen atoms in total. The highest BCUT2D eigenvalue weighted by atomic mass is 35.5. The molecule has 1 aromatic rings. The number of carbonyl (C=O) groups is 2. The quantitative estimate of drug-likeness (QED) is 0.376. The lowest BCUT2D eigenvalue weighted by atomic mass is 9.53. The molecule has 3 unspecified atom stereocenters. The molecule has 0 saturated carbocycles. The number of amides is 2. The van der Waals surface area contributed by atoms with E-state index >= 15 is 0 Å². The van der Waals surface area contributed by atoms with Crippen molar-refractivity contribution in [3.05, 3.63) is 35.4 Å². The molecule has 1 spiro atoms. The number of hydrogen-bond donors (Lipinski definition) is 3. The normalized spacial score (nSPS) is 29.8. The van der Waals surface area contributed by atoms with Gasteiger partial charge in [-0.3, -0.25) is 10.2 Å². The third-order valence-corrected chi connectivity index (χ3v) is 9.79. The fraction of sp³-hybridized carbons (Fsp3) is 0.677. The van der Waals surface area contributed by atoms with Crippen LogP contribution in [0.5, 0.6) is 11.5 Å². The molecule has 2 amide bonds. The second-order valence-electron chi connectivity index (χ2n) is 13.0. The summed E-state index contributed by atoms with van der Waals surface area (Å²) in [7, 11) is 2.18. The summed E-state index contributed by atoms with van der Waals surface area (Å²) in [6.07, 6.45) is 8.82. The first-order valence-corrected chi connectivity index (χ1v) is 15.2. The van der Waals surface area contributed by atoms with Gasteiger partial charge in [-0.15, -0.1) is 24.8 Å². The average molecular weight is 626 g/mol. The Balaban J connectivity index is 0.00000202. The smallest absolute Gasteiger partial charge is 0.412 e. The number of likely N-dealkylation sites (tertiary alicyclic amines) is 1. The average Bonchev–Trinajstić information content (AvgIpc) is 3.28. The van der Waals surface area contributed by atoms with Gasteiger partial charge in [0, 0.05) is 49.0 Å². The molecule has 3 aliphatic heterocycles. The van der Waals surface area contributed by atoms with Crippen LogP contribution in [-0.2, 0) is 16.6 Å². The van der Waals surface area contributed by atoms with Crippen molar-refractivity contribution >= 4 is 36.8 Å². The van der Waals surface area contributed by atoms with E-state index in [1.165, 1.54) is 12.0 Å². The minimum absolute atomic E-state index is 0. The van der Waals surface area contributed by atoms with E-state index in [-0.39, 0.29) is 54.1 Å². The van der Waals surface area contributed by atoms with Gasteiger partial charge in [0.2, 0.25) is 5.91 Å². The van der Waals surface area contributed by atoms with E-state index in [2.05, 4.69) is 48.7 Å². The second-order valence-corrected chi connectivity index (χ2v) is 13.0. The van der Waals surface area contributed by atoms with Crippen molar-refractivity contribution in [1.29, 1.82) is 0 Å². The van der Waals surface area contributed by atoms with Crippen molar-refractivity contribution < 1.29 is 24.2 Å². The number of aliphatic hydroxyl groups excluding tert-OH is 1. The Hall–Kier alpha value is -2.04. The Morgan fingerprint density at radius 3 is 2.64 bits per heavy atom. The number of benzene rings is 1. The minimum atomic E-state index is -0.701. The van der Waals surface area contributed by atoms with Crippen molar-refractivity contribution in [3.8, 4) is 11.5 Å². The Morgan fingerprint density at radius 2 is 1.90 bits per heavy atom. The number of rotatable bonds is 8. The zero-order chi connectivity index (χ0) is 28.0. The first-order valence-electron chi connectivity index (χ1n) is 15.2. The first kappa shape index (κ1) is 32.9. The lowest BCUT2D eigenvalue weighted by Crippen LogP contribution is -2.64. The van der Waals surface area contributed by atoms with Crippen LogP contribution in [0.1, 0.15) is 63.5 Å². The number of likely N-dealkylation sites (N-methyl/N-ethyl adjacent to an activating group) is 1. The highest BCUT2D eigenvalue weighted by Gasteiger charge is 2.64. The zero-order valence-corrected chi connectivity index (χ0v) is 26.5. The van der Waals surface area contributed by atoms with Crippen molar-refractivity contribution in [2.75, 3.05) is 33.2 Å². The number of piperidine rings is 2. The maximum Gasteiger partial charge on any atom is 0.412 e. The SMILES string of the molecule is CC(C)CC(CNC(=O)Oc1ccc2c3c1O[C@H]1[C@@H](O)C=CC4C(C2)N(C)CC[C@@]341)CC(=O)NN1CCCCC1.Cl.Cl. The van der Waals surface area contributed by atoms with Crippen LogP contribution in [0.15, 0.2) is 24.3 Å². The molecule has 42 heavy (non-hydrogen) atoms. The number of ether oxygens (including phenoxy) is 2. The van der Waals surface area contributed by atoms with E-state index < -0.39 is 12.2 Å². The third-order valence-electron chi connectivity index (χ3n) is 9.79. The van der Waals surface area contributed by atoms with Gasteiger partial charge in [-0.05, 0) is 69.2 Å². The standard InChI is InChI=1S/C31H44N4O5.2ClH/c1-19(2)15-20(16-26(37)33-35-12-5-4-6-13-35)18-32-30(38)39-25-10-7-21-17-23-22-8-9-24(36)29-31(22,11-14-34(23)3)27(21)28(25)40-29;;/h7-10,19-20,22-24,29,36H,4-6,11-18H2,1-3H3,(H,32,38)(H,33,37);2*1H/t20?,22?,23?,24-,29-,31-;;/m0../s1. The summed E-state index contributed by atoms with van der Waals surface area (Å²) in [6.45, 7) is 7.34. The van der Waals surface area contributed by atoms with Gasteiger partial charge in [-0.25, -0.2) is 9.80 Å². The summed E-state index contributed by atoms with van der Waals surface area (Å²) in [6, 6.07) is 4.26. The van der Waals surface area contributed by atoms with Crippen molar-refractivity contribution in [2.24, 2.45) is 17.8 Å². The third kappa shape index (κ3) is 6.00. The molecular formula is C31H46Cl2N4O5. The predicted molar refractivity (Wildman–Crippen MR) is 166 cm³/mol. The molecule has 0 radical (unpaired) electrons. The van der Waals surface area contributed by atoms with Crippen LogP contribution in [0, 0.1) is 17.8 Å². The summed E-state index contributed by atoms with van der Waals surface area (Å²) < 4.78 is 12.3. The van der Waals surface area contributed by atoms with Crippen LogP contribution in [0.4, 0.5) is 4.79 Å². The van der Waals surface area contributed by atoms with Crippen LogP contribution in [0.3, 0.4) is 0 Å². The Bertz CT molecular complexity index is 1180. The van der Waals surface area contributed by atoms with E-state index in [0.717, 1.165) is 57.3 Å². The maximum atomic E-state index is 13.0. The molecule has 2 fully saturated rings. The molecule has 0 aromatic heterocycles. The van der Waals surface area contributed by atoms with E-state index in [4.69, 9.17) is 9.47 Å². The van der Waals surface area contributed by atoms with Gasteiger partial charge < -0.3 is 24.8 Å². The van der Waals surface area contributed by atoms with Gasteiger partial charge in [0.1, 0.15) is 12.2 Å². The summed E-state index contributed by atoms with van der Waals surface area (Å²) in [4.78, 5) is 28.2. The van der Waals surface area contributed by atoms with Gasteiger partial charge in [-0.1, -0.05) is 38.5 Å². The van der Waals surface area contributed by atoms with Crippen molar-refractivity contribution in [3.63, 3.8) is 0 Å². The molecule has 6 atom stereocenters. The highest BCUT2D eigenvalue weighted by Crippen LogP contribution is 2.62. The van der Waals surface area contributed by atoms with Crippen LogP contribution < -0.4 is 20.2 Å². The summed E-state index contributed by atoms with van der Waals surface area (Å²) in [5.41, 5.74) is 5.09. The van der Waals surface area contributed by atoms with Crippen LogP contribution in [-0.4, -0.2) is 78.5 Å². The molecular weight excluding hydrogens is 579 g/mol. The van der Waals surface area contributed by atoms with E-state index in [1.807, 2.05) is 17.2 Å². The van der Waals surface area contributed by atoms with Crippen LogP contribution in [0.2, 0.25) is 0 Å². The number of nitrogens with one attached hydrogen (secondary N) is 2. The Morgan fingerprint density at radius 1 is 1.14 bits per heavy atom. The van der Waals surface area contributed by atoms with Gasteiger partial charge in [0.25, 0.3) is 0 Å². The Kier molecular flexibility index (Phi) is 10.4. The zero-order valence-electron chi connectivity index (χ0n) is 24.8. The second kappa shape index (κ2) is 13.3. The molecule has 6 rings (SSSR count). The predicted octanol–water partition coefficient (Wildman–Crippen LogP) is 3.99. The molecule has 2 saturated heterocycles. The molecule has 2 aliphatic carbocycles. The number of nitrogens with zero attached hydrogens (tertiary/aromatic N) is 2. The number of halogens is 2. The Labute approximate surface area is 261 Å². The summed E-state index contributed by atoms with van der Waals surface area (Å²) in [5, 5.41) is 15.9. The van der Waals surface area contributed by atoms with Gasteiger partial charge in [-0.2, -0.15) is 0 Å². The van der Waals surface area contributed by atoms with Crippen LogP contribution >= 0.6 is 24.8 Å². The lowest BCUT2D eigenvalue weighted by molar-refractivity contribution is -0.127. The number of hydrogen-bond acceptors (Lipinski definition) is 7. The lowest BCUT2D eigenvalue weighted by Gasteiger charge is -2.56. The fourth-order valence-corrected chi connectivity index (χ4v) is 8.07. The number of carbonyl (C=O) groups excluding carboxylic acids is 2. The summed E-state index contributed by atoms with van der Waals surface area (Å²) >= 11 is 0. The minimum Gasteiger partial charge on any atom is -0.482 e. The molecule has 3 N–H and O–H groups in total. The topological polar surface area (TPSA) is 103 Å². The monoisotopic (exact) mass is 624 g/mol. The molecule has 2 bridgehead atoms.